The number of carbonyl (C=O) groups excluding carboxylic acids is 1. The number of ether oxygens (including phenoxy) is 2. The topological polar surface area (TPSA) is 202 Å². The second kappa shape index (κ2) is 16.5. The van der Waals surface area contributed by atoms with Crippen LogP contribution in [-0.2, 0) is 4.74 Å². The number of non-ortho nitro benzene ring substituents is 1. The van der Waals surface area contributed by atoms with Crippen molar-refractivity contribution in [3.8, 4) is 17.0 Å². The SMILES string of the molecule is CC.C[N+](=O)[O-].Cc1ccc(NC(=O)Oc2ccc([N+](=O)[O-])cc2)cc1Nc1ncccc1-c1ncnc2c1ncn2C1CCCCO1. The van der Waals surface area contributed by atoms with E-state index in [-0.39, 0.29) is 17.7 Å². The summed E-state index contributed by atoms with van der Waals surface area (Å²) in [4.78, 5) is 49.4. The first-order valence-electron chi connectivity index (χ1n) is 15.1. The molecule has 1 atom stereocenters. The summed E-state index contributed by atoms with van der Waals surface area (Å²) in [6, 6.07) is 14.3. The molecule has 1 aliphatic heterocycles. The molecule has 2 N–H and O–H groups in total. The van der Waals surface area contributed by atoms with E-state index in [0.29, 0.717) is 40.7 Å². The Morgan fingerprint density at radius 2 is 1.77 bits per heavy atom. The number of anilines is 3. The normalized spacial score (nSPS) is 13.6. The van der Waals surface area contributed by atoms with Crippen LogP contribution < -0.4 is 15.4 Å². The van der Waals surface area contributed by atoms with E-state index in [1.54, 1.807) is 24.7 Å². The summed E-state index contributed by atoms with van der Waals surface area (Å²) in [5.41, 5.74) is 4.68. The third-order valence-corrected chi connectivity index (χ3v) is 6.88. The number of imidazole rings is 1. The number of nitrogens with one attached hydrogen (secondary N) is 2. The van der Waals surface area contributed by atoms with Gasteiger partial charge in [-0.05, 0) is 68.1 Å². The van der Waals surface area contributed by atoms with Gasteiger partial charge in [-0.15, -0.1) is 0 Å². The molecule has 1 aliphatic rings. The molecule has 5 aromatic rings. The number of benzene rings is 2. The number of nitro groups is 2. The van der Waals surface area contributed by atoms with E-state index >= 15 is 0 Å². The van der Waals surface area contributed by atoms with Crippen molar-refractivity contribution in [1.82, 2.24) is 24.5 Å². The maximum Gasteiger partial charge on any atom is 0.417 e. The highest BCUT2D eigenvalue weighted by molar-refractivity contribution is 5.92. The fraction of sp³-hybridized carbons (Fsp3) is 0.281. The van der Waals surface area contributed by atoms with E-state index in [9.17, 15) is 14.9 Å². The average molecular weight is 658 g/mol. The van der Waals surface area contributed by atoms with Gasteiger partial charge in [0.05, 0.1) is 11.3 Å². The first kappa shape index (κ1) is 34.8. The van der Waals surface area contributed by atoms with Gasteiger partial charge in [-0.2, -0.15) is 0 Å². The van der Waals surface area contributed by atoms with Crippen LogP contribution in [0.2, 0.25) is 0 Å². The Labute approximate surface area is 275 Å². The van der Waals surface area contributed by atoms with Gasteiger partial charge in [0, 0.05) is 46.8 Å². The molecule has 1 saturated heterocycles. The highest BCUT2D eigenvalue weighted by Gasteiger charge is 2.22. The molecule has 2 aromatic carbocycles. The minimum atomic E-state index is -0.738. The van der Waals surface area contributed by atoms with Gasteiger partial charge >= 0.3 is 6.09 Å². The zero-order valence-corrected chi connectivity index (χ0v) is 26.8. The second-order valence-corrected chi connectivity index (χ2v) is 10.1. The maximum atomic E-state index is 12.5. The van der Waals surface area contributed by atoms with Crippen LogP contribution in [0.1, 0.15) is 44.9 Å². The highest BCUT2D eigenvalue weighted by Crippen LogP contribution is 2.34. The fourth-order valence-corrected chi connectivity index (χ4v) is 4.75. The van der Waals surface area contributed by atoms with E-state index < -0.39 is 15.9 Å². The van der Waals surface area contributed by atoms with Crippen molar-refractivity contribution in [1.29, 1.82) is 0 Å². The molecular formula is C32H35N9O7. The van der Waals surface area contributed by atoms with Gasteiger partial charge in [0.2, 0.25) is 0 Å². The van der Waals surface area contributed by atoms with Crippen molar-refractivity contribution in [2.45, 2.75) is 46.3 Å². The number of fused-ring (bicyclic) bond motifs is 1. The third kappa shape index (κ3) is 8.82. The van der Waals surface area contributed by atoms with Gasteiger partial charge in [-0.25, -0.2) is 24.7 Å². The Balaban J connectivity index is 0.000000808. The molecule has 16 nitrogen and oxygen atoms in total. The number of carbonyl (C=O) groups is 1. The molecule has 3 aromatic heterocycles. The molecule has 250 valence electrons. The lowest BCUT2D eigenvalue weighted by Gasteiger charge is -2.23. The fourth-order valence-electron chi connectivity index (χ4n) is 4.75. The van der Waals surface area contributed by atoms with Crippen molar-refractivity contribution >= 4 is 40.1 Å². The smallest absolute Gasteiger partial charge is 0.410 e. The number of nitro benzene ring substituents is 1. The molecule has 0 aliphatic carbocycles. The zero-order valence-electron chi connectivity index (χ0n) is 26.8. The van der Waals surface area contributed by atoms with Crippen LogP contribution in [-0.4, -0.2) is 54.1 Å². The van der Waals surface area contributed by atoms with Crippen molar-refractivity contribution in [3.63, 3.8) is 0 Å². The van der Waals surface area contributed by atoms with Gasteiger partial charge in [0.1, 0.15) is 35.3 Å². The summed E-state index contributed by atoms with van der Waals surface area (Å²) in [6.07, 6.45) is 7.12. The molecule has 16 heteroatoms. The van der Waals surface area contributed by atoms with Crippen LogP contribution >= 0.6 is 0 Å². The van der Waals surface area contributed by atoms with Crippen LogP contribution in [0.5, 0.6) is 5.75 Å². The molecule has 0 radical (unpaired) electrons. The molecule has 48 heavy (non-hydrogen) atoms. The monoisotopic (exact) mass is 657 g/mol. The predicted octanol–water partition coefficient (Wildman–Crippen LogP) is 7.08. The maximum absolute atomic E-state index is 12.5. The van der Waals surface area contributed by atoms with E-state index in [4.69, 9.17) is 19.6 Å². The van der Waals surface area contributed by atoms with E-state index in [1.165, 1.54) is 30.6 Å². The van der Waals surface area contributed by atoms with E-state index in [2.05, 4.69) is 30.6 Å². The van der Waals surface area contributed by atoms with Crippen LogP contribution in [0.25, 0.3) is 22.4 Å². The van der Waals surface area contributed by atoms with Gasteiger partial charge in [-0.3, -0.25) is 30.1 Å². The molecule has 1 amide bonds. The quantitative estimate of drug-likeness (QED) is 0.133. The van der Waals surface area contributed by atoms with Crippen LogP contribution in [0.4, 0.5) is 27.7 Å². The van der Waals surface area contributed by atoms with Crippen molar-refractivity contribution in [3.05, 3.63) is 99.2 Å². The Morgan fingerprint density at radius 1 is 1.02 bits per heavy atom. The predicted molar refractivity (Wildman–Crippen MR) is 179 cm³/mol. The Kier molecular flexibility index (Phi) is 12.0. The molecular weight excluding hydrogens is 622 g/mol. The van der Waals surface area contributed by atoms with Gasteiger partial charge in [-0.1, -0.05) is 19.9 Å². The number of aryl methyl sites for hydroxylation is 1. The molecule has 6 rings (SSSR count). The van der Waals surface area contributed by atoms with Crippen LogP contribution in [0.3, 0.4) is 0 Å². The van der Waals surface area contributed by atoms with Gasteiger partial charge < -0.3 is 14.8 Å². The lowest BCUT2D eigenvalue weighted by Crippen LogP contribution is -2.17. The summed E-state index contributed by atoms with van der Waals surface area (Å²) in [7, 11) is 0.889. The number of aromatic nitrogens is 5. The highest BCUT2D eigenvalue weighted by atomic mass is 16.6. The number of pyridine rings is 1. The van der Waals surface area contributed by atoms with Crippen molar-refractivity contribution in [2.24, 2.45) is 0 Å². The summed E-state index contributed by atoms with van der Waals surface area (Å²) in [5.74, 6) is 0.727. The van der Waals surface area contributed by atoms with E-state index in [1.807, 2.05) is 43.5 Å². The summed E-state index contributed by atoms with van der Waals surface area (Å²) < 4.78 is 13.2. The number of amides is 1. The molecule has 0 bridgehead atoms. The number of hydrogen-bond donors (Lipinski definition) is 2. The molecule has 1 fully saturated rings. The number of hydrogen-bond acceptors (Lipinski definition) is 12. The molecule has 1 unspecified atom stereocenters. The number of nitrogens with zero attached hydrogens (tertiary/aromatic N) is 7. The standard InChI is InChI=1S/C29H26N8O5.C2H6.CH3NO2/c1-18-7-8-19(34-29(38)42-21-11-9-20(10-12-21)37(39)40)15-23(18)35-27-22(5-4-13-30-27)25-26-28(32-16-31-25)36(17-33-26)24-6-2-3-14-41-24;1-2;1-2(3)4/h4-5,7-13,15-17,24H,2-3,6,14H2,1H3,(H,30,35)(H,34,38);1-2H3;1H3. The first-order chi connectivity index (χ1) is 23.2. The Hall–Kier alpha value is -6.03. The summed E-state index contributed by atoms with van der Waals surface area (Å²) in [5, 5.41) is 25.7. The van der Waals surface area contributed by atoms with Crippen LogP contribution in [0, 0.1) is 27.2 Å². The Morgan fingerprint density at radius 3 is 2.46 bits per heavy atom. The molecule has 0 saturated carbocycles. The Bertz CT molecular complexity index is 1870. The lowest BCUT2D eigenvalue weighted by atomic mass is 10.1. The van der Waals surface area contributed by atoms with Crippen molar-refractivity contribution in [2.75, 3.05) is 24.3 Å². The molecule has 0 spiro atoms. The average Bonchev–Trinajstić information content (AvgIpc) is 3.52. The van der Waals surface area contributed by atoms with Crippen molar-refractivity contribution < 1.29 is 24.1 Å². The minimum Gasteiger partial charge on any atom is -0.410 e. The van der Waals surface area contributed by atoms with Gasteiger partial charge in [0.15, 0.2) is 12.7 Å². The van der Waals surface area contributed by atoms with Gasteiger partial charge in [0.25, 0.3) is 5.69 Å². The largest absolute Gasteiger partial charge is 0.417 e. The molecule has 4 heterocycles. The summed E-state index contributed by atoms with van der Waals surface area (Å²) >= 11 is 0. The van der Waals surface area contributed by atoms with E-state index in [0.717, 1.165) is 37.4 Å². The third-order valence-electron chi connectivity index (χ3n) is 6.88. The lowest BCUT2D eigenvalue weighted by molar-refractivity contribution is -0.445. The number of rotatable bonds is 7. The first-order valence-corrected chi connectivity index (χ1v) is 15.1. The minimum absolute atomic E-state index is 0.0970. The zero-order chi connectivity index (χ0) is 34.6. The second-order valence-electron chi connectivity index (χ2n) is 10.1. The van der Waals surface area contributed by atoms with Crippen LogP contribution in [0.15, 0.2) is 73.4 Å². The summed E-state index contributed by atoms with van der Waals surface area (Å²) in [6.45, 7) is 6.64.